The summed E-state index contributed by atoms with van der Waals surface area (Å²) in [6.45, 7) is -2.84. The molecule has 1 N–H and O–H groups in total. The lowest BCUT2D eigenvalue weighted by Gasteiger charge is -2.11. The molecule has 0 spiro atoms. The van der Waals surface area contributed by atoms with Crippen LogP contribution in [-0.4, -0.2) is 17.5 Å². The zero-order valence-corrected chi connectivity index (χ0v) is 12.3. The maximum atomic E-state index is 12.3. The van der Waals surface area contributed by atoms with Gasteiger partial charge in [0, 0.05) is 22.8 Å². The van der Waals surface area contributed by atoms with Gasteiger partial charge in [0.2, 0.25) is 0 Å². The molecule has 0 aliphatic rings. The first kappa shape index (κ1) is 15.4. The van der Waals surface area contributed by atoms with Crippen LogP contribution in [0.2, 0.25) is 0 Å². The number of rotatable bonds is 5. The van der Waals surface area contributed by atoms with Crippen LogP contribution >= 0.6 is 15.9 Å². The topological polar surface area (TPSA) is 51.2 Å². The number of carbonyl (C=O) groups is 1. The third kappa shape index (κ3) is 4.49. The van der Waals surface area contributed by atoms with Crippen LogP contribution in [0.1, 0.15) is 16.1 Å². The van der Waals surface area contributed by atoms with Crippen LogP contribution in [0.25, 0.3) is 0 Å². The Morgan fingerprint density at radius 2 is 2.05 bits per heavy atom. The molecule has 110 valence electrons. The zero-order valence-electron chi connectivity index (χ0n) is 10.7. The number of carbonyl (C=O) groups excluding carboxylic acids is 1. The molecule has 1 amide bonds. The summed E-state index contributed by atoms with van der Waals surface area (Å²) in [6, 6.07) is 9.53. The van der Waals surface area contributed by atoms with Crippen LogP contribution in [0.4, 0.5) is 8.78 Å². The highest BCUT2D eigenvalue weighted by Crippen LogP contribution is 2.20. The average molecular weight is 357 g/mol. The predicted molar refractivity (Wildman–Crippen MR) is 76.2 cm³/mol. The van der Waals surface area contributed by atoms with E-state index in [1.54, 1.807) is 30.3 Å². The third-order valence-electron chi connectivity index (χ3n) is 2.59. The summed E-state index contributed by atoms with van der Waals surface area (Å²) < 4.78 is 29.7. The van der Waals surface area contributed by atoms with E-state index in [2.05, 4.69) is 31.0 Å². The Bertz CT molecular complexity index is 621. The number of halogens is 3. The molecule has 0 saturated carbocycles. The lowest BCUT2D eigenvalue weighted by atomic mass is 10.2. The van der Waals surface area contributed by atoms with Gasteiger partial charge < -0.3 is 10.1 Å². The van der Waals surface area contributed by atoms with Crippen LogP contribution in [-0.2, 0) is 6.54 Å². The number of alkyl halides is 2. The molecule has 0 atom stereocenters. The van der Waals surface area contributed by atoms with E-state index in [4.69, 9.17) is 0 Å². The summed E-state index contributed by atoms with van der Waals surface area (Å²) in [5.41, 5.74) is 0.703. The highest BCUT2D eigenvalue weighted by Gasteiger charge is 2.11. The van der Waals surface area contributed by atoms with Crippen LogP contribution in [0.5, 0.6) is 5.75 Å². The fourth-order valence-corrected chi connectivity index (χ4v) is 1.87. The Hall–Kier alpha value is -2.02. The van der Waals surface area contributed by atoms with Crippen molar-refractivity contribution in [2.75, 3.05) is 0 Å². The van der Waals surface area contributed by atoms with Gasteiger partial charge in [-0.3, -0.25) is 4.79 Å². The fraction of sp³-hybridized carbons (Fsp3) is 0.143. The van der Waals surface area contributed by atoms with Crippen molar-refractivity contribution < 1.29 is 18.3 Å². The van der Waals surface area contributed by atoms with Gasteiger partial charge in [0.1, 0.15) is 11.4 Å². The van der Waals surface area contributed by atoms with E-state index in [-0.39, 0.29) is 18.0 Å². The number of hydrogen-bond acceptors (Lipinski definition) is 3. The first-order valence-electron chi connectivity index (χ1n) is 5.98. The molecule has 0 aliphatic carbocycles. The minimum absolute atomic E-state index is 0.0385. The van der Waals surface area contributed by atoms with Crippen molar-refractivity contribution in [3.63, 3.8) is 0 Å². The van der Waals surface area contributed by atoms with Crippen molar-refractivity contribution in [2.24, 2.45) is 0 Å². The number of nitrogens with one attached hydrogen (secondary N) is 1. The van der Waals surface area contributed by atoms with Gasteiger partial charge in [0.25, 0.3) is 5.91 Å². The molecule has 4 nitrogen and oxygen atoms in total. The predicted octanol–water partition coefficient (Wildman–Crippen LogP) is 3.38. The van der Waals surface area contributed by atoms with E-state index in [0.29, 0.717) is 5.56 Å². The quantitative estimate of drug-likeness (QED) is 0.893. The van der Waals surface area contributed by atoms with E-state index < -0.39 is 12.5 Å². The van der Waals surface area contributed by atoms with Crippen molar-refractivity contribution >= 4 is 21.8 Å². The highest BCUT2D eigenvalue weighted by atomic mass is 79.9. The summed E-state index contributed by atoms with van der Waals surface area (Å²) in [5, 5.41) is 2.61. The number of benzene rings is 1. The first-order chi connectivity index (χ1) is 10.1. The van der Waals surface area contributed by atoms with Crippen molar-refractivity contribution in [1.29, 1.82) is 0 Å². The molecular weight excluding hydrogens is 346 g/mol. The van der Waals surface area contributed by atoms with Gasteiger partial charge in [-0.2, -0.15) is 8.78 Å². The van der Waals surface area contributed by atoms with Crippen LogP contribution in [0, 0.1) is 0 Å². The second-order valence-corrected chi connectivity index (χ2v) is 4.95. The van der Waals surface area contributed by atoms with Gasteiger partial charge >= 0.3 is 6.61 Å². The standard InChI is InChI=1S/C14H11BrF2N2O2/c15-10-5-6-11(18-8-10)13(20)19-7-9-3-1-2-4-12(9)21-14(16)17/h1-6,8,14H,7H2,(H,19,20). The normalized spacial score (nSPS) is 10.5. The second kappa shape index (κ2) is 7.12. The summed E-state index contributed by atoms with van der Waals surface area (Å²) in [4.78, 5) is 15.8. The molecule has 0 saturated heterocycles. The first-order valence-corrected chi connectivity index (χ1v) is 6.78. The van der Waals surface area contributed by atoms with E-state index in [1.807, 2.05) is 0 Å². The lowest BCUT2D eigenvalue weighted by molar-refractivity contribution is -0.0504. The van der Waals surface area contributed by atoms with Crippen LogP contribution in [0.15, 0.2) is 47.1 Å². The smallest absolute Gasteiger partial charge is 0.387 e. The van der Waals surface area contributed by atoms with E-state index in [0.717, 1.165) is 4.47 Å². The molecule has 2 aromatic rings. The summed E-state index contributed by atoms with van der Waals surface area (Å²) in [7, 11) is 0. The molecule has 0 fully saturated rings. The van der Waals surface area contributed by atoms with Crippen LogP contribution in [0.3, 0.4) is 0 Å². The summed E-state index contributed by atoms with van der Waals surface area (Å²) in [6.07, 6.45) is 1.50. The number of ether oxygens (including phenoxy) is 1. The molecule has 1 heterocycles. The number of hydrogen-bond donors (Lipinski definition) is 1. The lowest BCUT2D eigenvalue weighted by Crippen LogP contribution is -2.24. The largest absolute Gasteiger partial charge is 0.434 e. The Morgan fingerprint density at radius 1 is 1.29 bits per heavy atom. The van der Waals surface area contributed by atoms with Gasteiger partial charge in [0.15, 0.2) is 0 Å². The number of aromatic nitrogens is 1. The molecule has 1 aromatic carbocycles. The molecule has 21 heavy (non-hydrogen) atoms. The molecule has 7 heteroatoms. The van der Waals surface area contributed by atoms with Gasteiger partial charge in [-0.25, -0.2) is 4.98 Å². The van der Waals surface area contributed by atoms with Crippen LogP contribution < -0.4 is 10.1 Å². The Morgan fingerprint density at radius 3 is 2.71 bits per heavy atom. The van der Waals surface area contributed by atoms with Crippen molar-refractivity contribution in [2.45, 2.75) is 13.2 Å². The molecule has 1 aromatic heterocycles. The van der Waals surface area contributed by atoms with E-state index >= 15 is 0 Å². The zero-order chi connectivity index (χ0) is 15.2. The van der Waals surface area contributed by atoms with Crippen molar-refractivity contribution in [1.82, 2.24) is 10.3 Å². The number of para-hydroxylation sites is 1. The van der Waals surface area contributed by atoms with Crippen molar-refractivity contribution in [3.05, 3.63) is 58.3 Å². The SMILES string of the molecule is O=C(NCc1ccccc1OC(F)F)c1ccc(Br)cn1. The van der Waals surface area contributed by atoms with Gasteiger partial charge in [0.05, 0.1) is 0 Å². The number of nitrogens with zero attached hydrogens (tertiary/aromatic N) is 1. The third-order valence-corrected chi connectivity index (χ3v) is 3.06. The number of amides is 1. The maximum absolute atomic E-state index is 12.3. The summed E-state index contributed by atoms with van der Waals surface area (Å²) in [5.74, 6) is -0.356. The maximum Gasteiger partial charge on any atom is 0.387 e. The monoisotopic (exact) mass is 356 g/mol. The highest BCUT2D eigenvalue weighted by molar-refractivity contribution is 9.10. The fourth-order valence-electron chi connectivity index (χ4n) is 1.64. The number of pyridine rings is 1. The summed E-state index contributed by atoms with van der Waals surface area (Å²) >= 11 is 3.22. The Balaban J connectivity index is 2.02. The van der Waals surface area contributed by atoms with Gasteiger partial charge in [-0.1, -0.05) is 18.2 Å². The average Bonchev–Trinajstić information content (AvgIpc) is 2.46. The van der Waals surface area contributed by atoms with Gasteiger partial charge in [-0.05, 0) is 34.1 Å². The van der Waals surface area contributed by atoms with Gasteiger partial charge in [-0.15, -0.1) is 0 Å². The van der Waals surface area contributed by atoms with E-state index in [9.17, 15) is 13.6 Å². The molecule has 2 rings (SSSR count). The Kier molecular flexibility index (Phi) is 5.21. The Labute approximate surface area is 128 Å². The molecule has 0 unspecified atom stereocenters. The minimum Gasteiger partial charge on any atom is -0.434 e. The minimum atomic E-state index is -2.91. The molecule has 0 radical (unpaired) electrons. The molecule has 0 aliphatic heterocycles. The van der Waals surface area contributed by atoms with Crippen molar-refractivity contribution in [3.8, 4) is 5.75 Å². The van der Waals surface area contributed by atoms with E-state index in [1.165, 1.54) is 12.3 Å². The molecular formula is C14H11BrF2N2O2. The second-order valence-electron chi connectivity index (χ2n) is 4.03. The molecule has 0 bridgehead atoms.